The molecule has 6 nitrogen and oxygen atoms in total. The van der Waals surface area contributed by atoms with Crippen LogP contribution in [0.25, 0.3) is 11.5 Å². The number of rotatable bonds is 3. The van der Waals surface area contributed by atoms with Gasteiger partial charge in [0.2, 0.25) is 11.7 Å². The number of benzene rings is 1. The number of aromatic nitrogens is 4. The first-order valence-electron chi connectivity index (χ1n) is 5.97. The van der Waals surface area contributed by atoms with E-state index in [1.165, 1.54) is 0 Å². The molecule has 3 aromatic rings. The van der Waals surface area contributed by atoms with Crippen LogP contribution in [0.15, 0.2) is 41.3 Å². The van der Waals surface area contributed by atoms with Gasteiger partial charge in [-0.25, -0.2) is 4.98 Å². The van der Waals surface area contributed by atoms with Gasteiger partial charge in [0.25, 0.3) is 0 Å². The highest BCUT2D eigenvalue weighted by Crippen LogP contribution is 2.26. The fourth-order valence-electron chi connectivity index (χ4n) is 1.90. The third kappa shape index (κ3) is 2.19. The van der Waals surface area contributed by atoms with Crippen molar-refractivity contribution in [2.24, 2.45) is 12.8 Å². The highest BCUT2D eigenvalue weighted by Gasteiger charge is 2.20. The van der Waals surface area contributed by atoms with Crippen molar-refractivity contribution in [1.29, 1.82) is 0 Å². The lowest BCUT2D eigenvalue weighted by atomic mass is 10.1. The predicted octanol–water partition coefficient (Wildman–Crippen LogP) is 2.17. The van der Waals surface area contributed by atoms with Gasteiger partial charge in [-0.1, -0.05) is 35.0 Å². The molecule has 0 saturated heterocycles. The van der Waals surface area contributed by atoms with Crippen molar-refractivity contribution < 1.29 is 4.52 Å². The van der Waals surface area contributed by atoms with E-state index in [0.29, 0.717) is 16.7 Å². The van der Waals surface area contributed by atoms with E-state index in [1.54, 1.807) is 23.2 Å². The first-order valence-corrected chi connectivity index (χ1v) is 6.35. The largest absolute Gasteiger partial charge is 0.337 e. The summed E-state index contributed by atoms with van der Waals surface area (Å²) in [5.41, 5.74) is 7.62. The quantitative estimate of drug-likeness (QED) is 0.799. The van der Waals surface area contributed by atoms with Crippen LogP contribution in [0.5, 0.6) is 0 Å². The topological polar surface area (TPSA) is 82.8 Å². The Bertz CT molecular complexity index is 736. The zero-order chi connectivity index (χ0) is 14.1. The molecule has 0 aliphatic rings. The standard InChI is InChI=1S/C13H12ClN5O/c1-19-7-16-6-10(19)12-17-13(20-18-12)11(15)8-4-2-3-5-9(8)14/h2-7,11H,15H2,1H3/t11-/m1/s1. The summed E-state index contributed by atoms with van der Waals surface area (Å²) in [7, 11) is 1.85. The molecular weight excluding hydrogens is 278 g/mol. The Morgan fingerprint density at radius 3 is 2.85 bits per heavy atom. The van der Waals surface area contributed by atoms with Gasteiger partial charge in [0.05, 0.1) is 12.5 Å². The first kappa shape index (κ1) is 12.8. The minimum Gasteiger partial charge on any atom is -0.337 e. The lowest BCUT2D eigenvalue weighted by molar-refractivity contribution is 0.367. The lowest BCUT2D eigenvalue weighted by Crippen LogP contribution is -2.12. The summed E-state index contributed by atoms with van der Waals surface area (Å²) in [6.07, 6.45) is 3.33. The molecule has 2 N–H and O–H groups in total. The van der Waals surface area contributed by atoms with Crippen LogP contribution in [0.2, 0.25) is 5.02 Å². The number of hydrogen-bond donors (Lipinski definition) is 1. The number of nitrogens with zero attached hydrogens (tertiary/aromatic N) is 4. The average molecular weight is 290 g/mol. The summed E-state index contributed by atoms with van der Waals surface area (Å²) >= 11 is 6.12. The van der Waals surface area contributed by atoms with Crippen LogP contribution < -0.4 is 5.73 Å². The van der Waals surface area contributed by atoms with Gasteiger partial charge in [0.1, 0.15) is 11.7 Å². The molecule has 0 radical (unpaired) electrons. The maximum absolute atomic E-state index is 6.12. The second-order valence-corrected chi connectivity index (χ2v) is 4.75. The molecule has 7 heteroatoms. The van der Waals surface area contributed by atoms with Gasteiger partial charge in [0.15, 0.2) is 0 Å². The summed E-state index contributed by atoms with van der Waals surface area (Å²) in [6, 6.07) is 6.75. The zero-order valence-electron chi connectivity index (χ0n) is 10.7. The number of imidazole rings is 1. The highest BCUT2D eigenvalue weighted by atomic mass is 35.5. The molecule has 0 spiro atoms. The van der Waals surface area contributed by atoms with E-state index < -0.39 is 6.04 Å². The Morgan fingerprint density at radius 2 is 2.15 bits per heavy atom. The summed E-state index contributed by atoms with van der Waals surface area (Å²) in [5, 5.41) is 4.50. The number of halogens is 1. The van der Waals surface area contributed by atoms with E-state index >= 15 is 0 Å². The van der Waals surface area contributed by atoms with Crippen LogP contribution in [-0.4, -0.2) is 19.7 Å². The molecule has 0 unspecified atom stereocenters. The van der Waals surface area contributed by atoms with E-state index in [2.05, 4.69) is 15.1 Å². The van der Waals surface area contributed by atoms with E-state index in [4.69, 9.17) is 21.9 Å². The molecule has 1 atom stereocenters. The molecule has 0 amide bonds. The Morgan fingerprint density at radius 1 is 1.35 bits per heavy atom. The molecule has 0 saturated carbocycles. The Balaban J connectivity index is 1.95. The van der Waals surface area contributed by atoms with Gasteiger partial charge in [-0.15, -0.1) is 0 Å². The minimum atomic E-state index is -0.557. The molecule has 3 rings (SSSR count). The van der Waals surface area contributed by atoms with Crippen molar-refractivity contribution in [3.05, 3.63) is 53.3 Å². The summed E-state index contributed by atoms with van der Waals surface area (Å²) in [4.78, 5) is 8.32. The van der Waals surface area contributed by atoms with Gasteiger partial charge in [-0.3, -0.25) is 0 Å². The Kier molecular flexibility index (Phi) is 3.25. The Labute approximate surface area is 120 Å². The fraction of sp³-hybridized carbons (Fsp3) is 0.154. The van der Waals surface area contributed by atoms with Crippen molar-refractivity contribution >= 4 is 11.6 Å². The minimum absolute atomic E-state index is 0.314. The van der Waals surface area contributed by atoms with E-state index in [0.717, 1.165) is 11.3 Å². The van der Waals surface area contributed by atoms with E-state index in [1.807, 2.05) is 25.2 Å². The van der Waals surface area contributed by atoms with Gasteiger partial charge in [-0.05, 0) is 11.6 Å². The van der Waals surface area contributed by atoms with E-state index in [-0.39, 0.29) is 0 Å². The van der Waals surface area contributed by atoms with Crippen LogP contribution in [0.3, 0.4) is 0 Å². The van der Waals surface area contributed by atoms with Gasteiger partial charge < -0.3 is 14.8 Å². The van der Waals surface area contributed by atoms with Gasteiger partial charge in [-0.2, -0.15) is 4.98 Å². The lowest BCUT2D eigenvalue weighted by Gasteiger charge is -2.08. The maximum atomic E-state index is 6.12. The summed E-state index contributed by atoms with van der Waals surface area (Å²) < 4.78 is 7.03. The molecule has 1 aromatic carbocycles. The third-order valence-corrected chi connectivity index (χ3v) is 3.34. The van der Waals surface area contributed by atoms with Crippen LogP contribution in [0.1, 0.15) is 17.5 Å². The highest BCUT2D eigenvalue weighted by molar-refractivity contribution is 6.31. The molecule has 2 heterocycles. The maximum Gasteiger partial charge on any atom is 0.248 e. The smallest absolute Gasteiger partial charge is 0.248 e. The van der Waals surface area contributed by atoms with E-state index in [9.17, 15) is 0 Å². The van der Waals surface area contributed by atoms with Crippen LogP contribution in [0, 0.1) is 0 Å². The predicted molar refractivity (Wildman–Crippen MR) is 74.0 cm³/mol. The molecule has 2 aromatic heterocycles. The number of hydrogen-bond acceptors (Lipinski definition) is 5. The number of aryl methyl sites for hydroxylation is 1. The molecule has 0 aliphatic carbocycles. The fourth-order valence-corrected chi connectivity index (χ4v) is 2.15. The molecular formula is C13H12ClN5O. The van der Waals surface area contributed by atoms with Gasteiger partial charge in [0, 0.05) is 12.1 Å². The summed E-state index contributed by atoms with van der Waals surface area (Å²) in [6.45, 7) is 0. The van der Waals surface area contributed by atoms with Crippen molar-refractivity contribution in [1.82, 2.24) is 19.7 Å². The normalized spacial score (nSPS) is 12.6. The molecule has 20 heavy (non-hydrogen) atoms. The van der Waals surface area contributed by atoms with Crippen molar-refractivity contribution in [3.63, 3.8) is 0 Å². The molecule has 0 aliphatic heterocycles. The van der Waals surface area contributed by atoms with Crippen molar-refractivity contribution in [2.75, 3.05) is 0 Å². The Hall–Kier alpha value is -2.18. The van der Waals surface area contributed by atoms with Crippen molar-refractivity contribution in [2.45, 2.75) is 6.04 Å². The number of nitrogens with two attached hydrogens (primary N) is 1. The van der Waals surface area contributed by atoms with Crippen LogP contribution >= 0.6 is 11.6 Å². The average Bonchev–Trinajstić information content (AvgIpc) is 3.07. The van der Waals surface area contributed by atoms with Crippen molar-refractivity contribution in [3.8, 4) is 11.5 Å². The first-order chi connectivity index (χ1) is 9.66. The zero-order valence-corrected chi connectivity index (χ0v) is 11.4. The third-order valence-electron chi connectivity index (χ3n) is 2.99. The van der Waals surface area contributed by atoms with Gasteiger partial charge >= 0.3 is 0 Å². The second kappa shape index (κ2) is 5.07. The van der Waals surface area contributed by atoms with Crippen LogP contribution in [-0.2, 0) is 7.05 Å². The second-order valence-electron chi connectivity index (χ2n) is 4.35. The molecule has 0 fully saturated rings. The van der Waals surface area contributed by atoms with Crippen LogP contribution in [0.4, 0.5) is 0 Å². The SMILES string of the molecule is Cn1cncc1-c1noc([C@H](N)c2ccccc2Cl)n1. The molecule has 0 bridgehead atoms. The molecule has 102 valence electrons. The monoisotopic (exact) mass is 289 g/mol. The summed E-state index contributed by atoms with van der Waals surface area (Å²) in [5.74, 6) is 0.761.